The monoisotopic (exact) mass is 417 g/mol. The van der Waals surface area contributed by atoms with Gasteiger partial charge in [0.1, 0.15) is 0 Å². The summed E-state index contributed by atoms with van der Waals surface area (Å²) in [5, 5.41) is 1.17. The Morgan fingerprint density at radius 2 is 2.00 bits per heavy atom. The molecule has 1 aromatic heterocycles. The number of carbonyl (C=O) groups is 1. The van der Waals surface area contributed by atoms with Crippen molar-refractivity contribution in [1.29, 1.82) is 0 Å². The van der Waals surface area contributed by atoms with Gasteiger partial charge in [0.15, 0.2) is 5.16 Å². The number of benzene rings is 1. The number of aromatic nitrogens is 2. The van der Waals surface area contributed by atoms with Crippen LogP contribution in [0.2, 0.25) is 0 Å². The molecular weight excluding hydrogens is 390 g/mol. The minimum atomic E-state index is -0.0744. The van der Waals surface area contributed by atoms with E-state index in [1.165, 1.54) is 11.8 Å². The third kappa shape index (κ3) is 4.65. The van der Waals surface area contributed by atoms with Crippen LogP contribution < -0.4 is 5.56 Å². The number of hydrogen-bond donors (Lipinski definition) is 0. The number of rotatable bonds is 5. The number of amides is 1. The third-order valence-electron chi connectivity index (χ3n) is 5.33. The highest BCUT2D eigenvalue weighted by Gasteiger charge is 2.26. The van der Waals surface area contributed by atoms with E-state index in [2.05, 4.69) is 0 Å². The molecule has 7 nitrogen and oxygen atoms in total. The summed E-state index contributed by atoms with van der Waals surface area (Å²) in [7, 11) is 0. The lowest BCUT2D eigenvalue weighted by molar-refractivity contribution is -0.140. The molecule has 2 aliphatic heterocycles. The van der Waals surface area contributed by atoms with Crippen molar-refractivity contribution in [2.45, 2.75) is 56.7 Å². The van der Waals surface area contributed by atoms with E-state index < -0.39 is 0 Å². The molecule has 1 amide bonds. The lowest BCUT2D eigenvalue weighted by atomic mass is 10.2. The predicted molar refractivity (Wildman–Crippen MR) is 112 cm³/mol. The van der Waals surface area contributed by atoms with Gasteiger partial charge in [0.2, 0.25) is 5.91 Å². The van der Waals surface area contributed by atoms with Gasteiger partial charge in [0.05, 0.1) is 41.5 Å². The van der Waals surface area contributed by atoms with Gasteiger partial charge in [-0.15, -0.1) is 0 Å². The SMILES string of the molecule is C[C@@H]1CN(C(=O)CSc2nc3ccccc3c(=O)n2C[C@@H]2CCCO2)C[C@H](C)O1. The second kappa shape index (κ2) is 8.85. The van der Waals surface area contributed by atoms with E-state index in [4.69, 9.17) is 14.5 Å². The molecular formula is C21H27N3O4S. The topological polar surface area (TPSA) is 73.7 Å². The Balaban J connectivity index is 1.56. The van der Waals surface area contributed by atoms with Gasteiger partial charge in [0.25, 0.3) is 5.56 Å². The van der Waals surface area contributed by atoms with Gasteiger partial charge >= 0.3 is 0 Å². The molecule has 2 aromatic rings. The van der Waals surface area contributed by atoms with Gasteiger partial charge < -0.3 is 14.4 Å². The molecule has 1 aromatic carbocycles. The van der Waals surface area contributed by atoms with Gasteiger partial charge in [-0.25, -0.2) is 4.98 Å². The van der Waals surface area contributed by atoms with E-state index in [0.717, 1.165) is 19.4 Å². The van der Waals surface area contributed by atoms with Crippen LogP contribution in [0.25, 0.3) is 10.9 Å². The molecule has 0 radical (unpaired) electrons. The standard InChI is InChI=1S/C21H27N3O4S/c1-14-10-23(11-15(2)28-14)19(25)13-29-21-22-18-8-4-3-7-17(18)20(26)24(21)12-16-6-5-9-27-16/h3-4,7-8,14-16H,5-6,9-13H2,1-2H3/t14-,15+,16-/m0/s1. The van der Waals surface area contributed by atoms with Crippen LogP contribution in [-0.2, 0) is 20.8 Å². The molecule has 0 N–H and O–H groups in total. The van der Waals surface area contributed by atoms with Gasteiger partial charge in [-0.2, -0.15) is 0 Å². The molecule has 0 aliphatic carbocycles. The maximum Gasteiger partial charge on any atom is 0.262 e. The number of morpholine rings is 1. The second-order valence-electron chi connectivity index (χ2n) is 7.81. The van der Waals surface area contributed by atoms with E-state index in [1.54, 1.807) is 10.6 Å². The molecule has 0 spiro atoms. The van der Waals surface area contributed by atoms with E-state index in [0.29, 0.717) is 35.7 Å². The highest BCUT2D eigenvalue weighted by Crippen LogP contribution is 2.22. The highest BCUT2D eigenvalue weighted by molar-refractivity contribution is 7.99. The Bertz CT molecular complexity index is 931. The molecule has 3 atom stereocenters. The van der Waals surface area contributed by atoms with E-state index in [9.17, 15) is 9.59 Å². The number of nitrogens with zero attached hydrogens (tertiary/aromatic N) is 3. The van der Waals surface area contributed by atoms with Crippen molar-refractivity contribution in [3.8, 4) is 0 Å². The Hall–Kier alpha value is -1.90. The van der Waals surface area contributed by atoms with Crippen LogP contribution in [-0.4, -0.2) is 64.1 Å². The van der Waals surface area contributed by atoms with Crippen LogP contribution >= 0.6 is 11.8 Å². The number of thioether (sulfide) groups is 1. The number of carbonyl (C=O) groups excluding carboxylic acids is 1. The Morgan fingerprint density at radius 1 is 1.24 bits per heavy atom. The van der Waals surface area contributed by atoms with Crippen LogP contribution in [0.5, 0.6) is 0 Å². The predicted octanol–water partition coefficient (Wildman–Crippen LogP) is 2.30. The van der Waals surface area contributed by atoms with Gasteiger partial charge in [-0.3, -0.25) is 14.2 Å². The molecule has 2 saturated heterocycles. The van der Waals surface area contributed by atoms with Crippen LogP contribution in [0, 0.1) is 0 Å². The van der Waals surface area contributed by atoms with Crippen LogP contribution in [0.3, 0.4) is 0 Å². The molecule has 156 valence electrons. The molecule has 2 fully saturated rings. The largest absolute Gasteiger partial charge is 0.376 e. The summed E-state index contributed by atoms with van der Waals surface area (Å²) in [6.45, 7) is 6.35. The molecule has 8 heteroatoms. The first-order valence-corrected chi connectivity index (χ1v) is 11.2. The smallest absolute Gasteiger partial charge is 0.262 e. The van der Waals surface area contributed by atoms with Crippen LogP contribution in [0.4, 0.5) is 0 Å². The van der Waals surface area contributed by atoms with Crippen molar-refractivity contribution < 1.29 is 14.3 Å². The molecule has 0 bridgehead atoms. The maximum atomic E-state index is 13.1. The van der Waals surface area contributed by atoms with Crippen LogP contribution in [0.15, 0.2) is 34.2 Å². The van der Waals surface area contributed by atoms with Gasteiger partial charge in [-0.05, 0) is 38.8 Å². The third-order valence-corrected chi connectivity index (χ3v) is 6.30. The van der Waals surface area contributed by atoms with Crippen molar-refractivity contribution in [3.05, 3.63) is 34.6 Å². The minimum Gasteiger partial charge on any atom is -0.376 e. The van der Waals surface area contributed by atoms with Crippen molar-refractivity contribution in [1.82, 2.24) is 14.5 Å². The molecule has 3 heterocycles. The summed E-state index contributed by atoms with van der Waals surface area (Å²) in [5.41, 5.74) is 0.583. The lowest BCUT2D eigenvalue weighted by Crippen LogP contribution is -2.48. The minimum absolute atomic E-state index is 0.0201. The summed E-state index contributed by atoms with van der Waals surface area (Å²) in [4.78, 5) is 32.4. The summed E-state index contributed by atoms with van der Waals surface area (Å²) in [6.07, 6.45) is 2.03. The summed E-state index contributed by atoms with van der Waals surface area (Å²) >= 11 is 1.33. The summed E-state index contributed by atoms with van der Waals surface area (Å²) in [5.74, 6) is 0.290. The Morgan fingerprint density at radius 3 is 2.72 bits per heavy atom. The number of hydrogen-bond acceptors (Lipinski definition) is 6. The fourth-order valence-corrected chi connectivity index (χ4v) is 4.92. The summed E-state index contributed by atoms with van der Waals surface area (Å²) < 4.78 is 13.1. The van der Waals surface area contributed by atoms with Gasteiger partial charge in [0, 0.05) is 19.7 Å². The zero-order chi connectivity index (χ0) is 20.4. The van der Waals surface area contributed by atoms with Crippen LogP contribution in [0.1, 0.15) is 26.7 Å². The zero-order valence-corrected chi connectivity index (χ0v) is 17.7. The van der Waals surface area contributed by atoms with Crippen molar-refractivity contribution >= 4 is 28.6 Å². The first-order chi connectivity index (χ1) is 14.0. The normalized spacial score (nSPS) is 24.9. The van der Waals surface area contributed by atoms with E-state index in [1.807, 2.05) is 36.9 Å². The fourth-order valence-electron chi connectivity index (χ4n) is 4.01. The number of para-hydroxylation sites is 1. The van der Waals surface area contributed by atoms with E-state index in [-0.39, 0.29) is 35.5 Å². The number of ether oxygens (including phenoxy) is 2. The average molecular weight is 418 g/mol. The fraction of sp³-hybridized carbons (Fsp3) is 0.571. The molecule has 0 saturated carbocycles. The lowest BCUT2D eigenvalue weighted by Gasteiger charge is -2.35. The molecule has 2 aliphatic rings. The first kappa shape index (κ1) is 20.4. The maximum absolute atomic E-state index is 13.1. The number of fused-ring (bicyclic) bond motifs is 1. The first-order valence-electron chi connectivity index (χ1n) is 10.2. The van der Waals surface area contributed by atoms with Crippen molar-refractivity contribution in [2.75, 3.05) is 25.4 Å². The second-order valence-corrected chi connectivity index (χ2v) is 8.75. The average Bonchev–Trinajstić information content (AvgIpc) is 3.21. The Kier molecular flexibility index (Phi) is 6.22. The quantitative estimate of drug-likeness (QED) is 0.549. The Labute approximate surface area is 174 Å². The van der Waals surface area contributed by atoms with E-state index >= 15 is 0 Å². The van der Waals surface area contributed by atoms with Crippen molar-refractivity contribution in [3.63, 3.8) is 0 Å². The molecule has 0 unspecified atom stereocenters. The van der Waals surface area contributed by atoms with Crippen molar-refractivity contribution in [2.24, 2.45) is 0 Å². The molecule has 4 rings (SSSR count). The zero-order valence-electron chi connectivity index (χ0n) is 16.9. The highest BCUT2D eigenvalue weighted by atomic mass is 32.2. The molecule has 29 heavy (non-hydrogen) atoms. The summed E-state index contributed by atoms with van der Waals surface area (Å²) in [6, 6.07) is 7.35. The van der Waals surface area contributed by atoms with Gasteiger partial charge in [-0.1, -0.05) is 23.9 Å².